The van der Waals surface area contributed by atoms with Crippen LogP contribution in [-0.4, -0.2) is 0 Å². The van der Waals surface area contributed by atoms with Crippen LogP contribution in [0.5, 0.6) is 0 Å². The highest BCUT2D eigenvalue weighted by atomic mass is 14.9. The normalized spacial score (nSPS) is 10.9. The van der Waals surface area contributed by atoms with E-state index in [1.807, 2.05) is 18.2 Å². The summed E-state index contributed by atoms with van der Waals surface area (Å²) in [5, 5.41) is 3.40. The largest absolute Gasteiger partial charge is 0.356 e. The maximum atomic E-state index is 3.40. The van der Waals surface area contributed by atoms with Crippen LogP contribution in [0.1, 0.15) is 22.3 Å². The molecule has 3 aromatic rings. The topological polar surface area (TPSA) is 12.0 Å². The Balaban J connectivity index is 1.71. The van der Waals surface area contributed by atoms with Gasteiger partial charge in [-0.1, -0.05) is 71.8 Å². The van der Waals surface area contributed by atoms with Crippen molar-refractivity contribution in [3.63, 3.8) is 0 Å². The number of nitrogens with one attached hydrogen (secondary N) is 1. The summed E-state index contributed by atoms with van der Waals surface area (Å²) in [6, 6.07) is 25.3. The molecule has 1 nitrogen and oxygen atoms in total. The van der Waals surface area contributed by atoms with Gasteiger partial charge in [0.25, 0.3) is 0 Å². The zero-order valence-electron chi connectivity index (χ0n) is 13.6. The highest BCUT2D eigenvalue weighted by Gasteiger charge is 1.95. The van der Waals surface area contributed by atoms with Crippen LogP contribution >= 0.6 is 0 Å². The molecule has 0 fully saturated rings. The molecule has 1 N–H and O–H groups in total. The van der Waals surface area contributed by atoms with E-state index in [9.17, 15) is 0 Å². The highest BCUT2D eigenvalue weighted by molar-refractivity contribution is 5.71. The third kappa shape index (κ3) is 4.33. The van der Waals surface area contributed by atoms with Gasteiger partial charge in [0.05, 0.1) is 0 Å². The molecule has 0 aliphatic heterocycles. The van der Waals surface area contributed by atoms with Gasteiger partial charge >= 0.3 is 0 Å². The molecule has 3 aromatic carbocycles. The summed E-state index contributed by atoms with van der Waals surface area (Å²) >= 11 is 0. The van der Waals surface area contributed by atoms with Crippen molar-refractivity contribution < 1.29 is 0 Å². The van der Waals surface area contributed by atoms with Crippen molar-refractivity contribution in [2.24, 2.45) is 0 Å². The number of hydrogen-bond acceptors (Lipinski definition) is 1. The van der Waals surface area contributed by atoms with Gasteiger partial charge in [-0.2, -0.15) is 0 Å². The van der Waals surface area contributed by atoms with E-state index >= 15 is 0 Å². The van der Waals surface area contributed by atoms with Crippen molar-refractivity contribution in [3.05, 3.63) is 95.1 Å². The zero-order chi connectivity index (χ0) is 16.1. The fourth-order valence-electron chi connectivity index (χ4n) is 2.66. The summed E-state index contributed by atoms with van der Waals surface area (Å²) in [7, 11) is 0. The first kappa shape index (κ1) is 15.1. The van der Waals surface area contributed by atoms with Crippen molar-refractivity contribution in [2.75, 3.05) is 5.32 Å². The molecule has 0 amide bonds. The van der Waals surface area contributed by atoms with Crippen LogP contribution in [-0.2, 0) is 0 Å². The Labute approximate surface area is 138 Å². The Morgan fingerprint density at radius 2 is 1.17 bits per heavy atom. The lowest BCUT2D eigenvalue weighted by molar-refractivity contribution is 1.37. The van der Waals surface area contributed by atoms with Crippen LogP contribution < -0.4 is 5.32 Å². The first-order chi connectivity index (χ1) is 11.2. The van der Waals surface area contributed by atoms with Gasteiger partial charge in [-0.25, -0.2) is 0 Å². The zero-order valence-corrected chi connectivity index (χ0v) is 13.6. The van der Waals surface area contributed by atoms with Gasteiger partial charge in [-0.15, -0.1) is 0 Å². The molecule has 0 saturated carbocycles. The fourth-order valence-corrected chi connectivity index (χ4v) is 2.66. The quantitative estimate of drug-likeness (QED) is 0.564. The Kier molecular flexibility index (Phi) is 4.58. The van der Waals surface area contributed by atoms with Gasteiger partial charge in [0, 0.05) is 11.4 Å². The Morgan fingerprint density at radius 3 is 1.83 bits per heavy atom. The summed E-state index contributed by atoms with van der Waals surface area (Å²) in [4.78, 5) is 0. The summed E-state index contributed by atoms with van der Waals surface area (Å²) < 4.78 is 0. The molecule has 0 atom stereocenters. The Hall–Kier alpha value is -2.80. The molecule has 0 aliphatic rings. The van der Waals surface area contributed by atoms with Gasteiger partial charge in [0.2, 0.25) is 0 Å². The molecule has 23 heavy (non-hydrogen) atoms. The third-order valence-corrected chi connectivity index (χ3v) is 3.69. The number of anilines is 2. The molecule has 1 heteroatoms. The van der Waals surface area contributed by atoms with Crippen molar-refractivity contribution in [1.29, 1.82) is 0 Å². The standard InChI is InChI=1S/C22H21N/c1-17-14-18(2)16-20(15-17)9-8-19-10-12-22(13-11-19)23-21-6-4-3-5-7-21/h3-16,23H,1-2H3/b9-8+. The minimum atomic E-state index is 1.10. The van der Waals surface area contributed by atoms with Crippen LogP contribution in [0.3, 0.4) is 0 Å². The smallest absolute Gasteiger partial charge is 0.0384 e. The van der Waals surface area contributed by atoms with Crippen molar-refractivity contribution in [2.45, 2.75) is 13.8 Å². The summed E-state index contributed by atoms with van der Waals surface area (Å²) in [5.74, 6) is 0. The van der Waals surface area contributed by atoms with E-state index in [4.69, 9.17) is 0 Å². The second-order valence-corrected chi connectivity index (χ2v) is 5.87. The van der Waals surface area contributed by atoms with E-state index in [-0.39, 0.29) is 0 Å². The Morgan fingerprint density at radius 1 is 0.609 bits per heavy atom. The number of para-hydroxylation sites is 1. The summed E-state index contributed by atoms with van der Waals surface area (Å²) in [5.41, 5.74) is 7.24. The van der Waals surface area contributed by atoms with E-state index in [1.54, 1.807) is 0 Å². The van der Waals surface area contributed by atoms with E-state index in [0.29, 0.717) is 0 Å². The lowest BCUT2D eigenvalue weighted by Gasteiger charge is -2.06. The monoisotopic (exact) mass is 299 g/mol. The molecule has 0 bridgehead atoms. The van der Waals surface area contributed by atoms with Gasteiger partial charge in [0.15, 0.2) is 0 Å². The second kappa shape index (κ2) is 6.97. The number of benzene rings is 3. The average Bonchev–Trinajstić information content (AvgIpc) is 2.54. The SMILES string of the molecule is Cc1cc(C)cc(/C=C/c2ccc(Nc3ccccc3)cc2)c1. The van der Waals surface area contributed by atoms with E-state index in [0.717, 1.165) is 11.4 Å². The molecule has 0 spiro atoms. The number of aryl methyl sites for hydroxylation is 2. The predicted molar refractivity (Wildman–Crippen MR) is 101 cm³/mol. The Bertz CT molecular complexity index is 779. The lowest BCUT2D eigenvalue weighted by atomic mass is 10.1. The molecular weight excluding hydrogens is 278 g/mol. The van der Waals surface area contributed by atoms with Crippen LogP contribution in [0, 0.1) is 13.8 Å². The van der Waals surface area contributed by atoms with Gasteiger partial charge in [-0.05, 0) is 49.2 Å². The first-order valence-corrected chi connectivity index (χ1v) is 7.87. The molecule has 3 rings (SSSR count). The van der Waals surface area contributed by atoms with Gasteiger partial charge < -0.3 is 5.32 Å². The molecule has 0 heterocycles. The highest BCUT2D eigenvalue weighted by Crippen LogP contribution is 2.18. The molecule has 114 valence electrons. The van der Waals surface area contributed by atoms with Crippen LogP contribution in [0.15, 0.2) is 72.8 Å². The number of hydrogen-bond donors (Lipinski definition) is 1. The van der Waals surface area contributed by atoms with Gasteiger partial charge in [-0.3, -0.25) is 0 Å². The maximum Gasteiger partial charge on any atom is 0.0384 e. The van der Waals surface area contributed by atoms with Crippen molar-refractivity contribution in [1.82, 2.24) is 0 Å². The molecule has 0 aliphatic carbocycles. The molecule has 0 radical (unpaired) electrons. The maximum absolute atomic E-state index is 3.40. The number of rotatable bonds is 4. The molecule has 0 saturated heterocycles. The molecular formula is C22H21N. The van der Waals surface area contributed by atoms with Crippen molar-refractivity contribution in [3.8, 4) is 0 Å². The summed E-state index contributed by atoms with van der Waals surface area (Å²) in [6.07, 6.45) is 4.32. The van der Waals surface area contributed by atoms with Crippen molar-refractivity contribution >= 4 is 23.5 Å². The van der Waals surface area contributed by atoms with Crippen LogP contribution in [0.2, 0.25) is 0 Å². The fraction of sp³-hybridized carbons (Fsp3) is 0.0909. The summed E-state index contributed by atoms with van der Waals surface area (Å²) in [6.45, 7) is 4.27. The minimum absolute atomic E-state index is 1.10. The average molecular weight is 299 g/mol. The van der Waals surface area contributed by atoms with Crippen LogP contribution in [0.25, 0.3) is 12.2 Å². The predicted octanol–water partition coefficient (Wildman–Crippen LogP) is 6.22. The second-order valence-electron chi connectivity index (χ2n) is 5.87. The molecule has 0 aromatic heterocycles. The van der Waals surface area contributed by atoms with Gasteiger partial charge in [0.1, 0.15) is 0 Å². The third-order valence-electron chi connectivity index (χ3n) is 3.69. The van der Waals surface area contributed by atoms with E-state index < -0.39 is 0 Å². The van der Waals surface area contributed by atoms with E-state index in [2.05, 4.69) is 85.9 Å². The van der Waals surface area contributed by atoms with E-state index in [1.165, 1.54) is 22.3 Å². The van der Waals surface area contributed by atoms with Crippen LogP contribution in [0.4, 0.5) is 11.4 Å². The first-order valence-electron chi connectivity index (χ1n) is 7.87. The molecule has 0 unspecified atom stereocenters. The minimum Gasteiger partial charge on any atom is -0.356 e. The lowest BCUT2D eigenvalue weighted by Crippen LogP contribution is -1.89.